The van der Waals surface area contributed by atoms with Gasteiger partial charge in [0.05, 0.1) is 7.11 Å². The van der Waals surface area contributed by atoms with Gasteiger partial charge in [-0.25, -0.2) is 0 Å². The summed E-state index contributed by atoms with van der Waals surface area (Å²) in [6.45, 7) is 0. The number of para-hydroxylation sites is 1. The van der Waals surface area contributed by atoms with Gasteiger partial charge in [-0.05, 0) is 36.2 Å². The maximum Gasteiger partial charge on any atom is 0.235 e. The molecule has 0 aliphatic carbocycles. The molecule has 0 spiro atoms. The number of ether oxygens (including phenoxy) is 1. The number of carbonyl (C=O) groups excluding carboxylic acids is 1. The topological polar surface area (TPSA) is 92.8 Å². The second kappa shape index (κ2) is 7.36. The van der Waals surface area contributed by atoms with Crippen molar-refractivity contribution in [1.82, 2.24) is 20.6 Å². The first-order chi connectivity index (χ1) is 11.8. The first-order valence-corrected chi connectivity index (χ1v) is 7.48. The van der Waals surface area contributed by atoms with Crippen molar-refractivity contribution < 1.29 is 9.53 Å². The Balaban J connectivity index is 1.79. The van der Waals surface area contributed by atoms with Crippen molar-refractivity contribution in [3.8, 4) is 5.75 Å². The van der Waals surface area contributed by atoms with Crippen molar-refractivity contribution in [3.05, 3.63) is 66.0 Å². The molecular weight excluding hydrogens is 306 g/mol. The van der Waals surface area contributed by atoms with Crippen molar-refractivity contribution in [2.24, 2.45) is 0 Å². The number of aromatic amines is 1. The zero-order valence-corrected chi connectivity index (χ0v) is 13.1. The summed E-state index contributed by atoms with van der Waals surface area (Å²) in [5.74, 6) is 0.401. The van der Waals surface area contributed by atoms with Crippen LogP contribution in [-0.4, -0.2) is 33.6 Å². The number of benzene rings is 2. The van der Waals surface area contributed by atoms with Gasteiger partial charge < -0.3 is 10.1 Å². The van der Waals surface area contributed by atoms with Crippen molar-refractivity contribution in [2.45, 2.75) is 12.3 Å². The number of H-pyrrole nitrogens is 1. The Morgan fingerprint density at radius 2 is 1.92 bits per heavy atom. The monoisotopic (exact) mass is 323 g/mol. The van der Waals surface area contributed by atoms with Crippen molar-refractivity contribution in [1.29, 1.82) is 0 Å². The summed E-state index contributed by atoms with van der Waals surface area (Å²) in [6, 6.07) is 16.8. The van der Waals surface area contributed by atoms with Crippen LogP contribution in [0.4, 0.5) is 5.69 Å². The fourth-order valence-electron chi connectivity index (χ4n) is 2.37. The molecule has 0 unspecified atom stereocenters. The number of anilines is 1. The highest BCUT2D eigenvalue weighted by atomic mass is 16.5. The lowest BCUT2D eigenvalue weighted by Crippen LogP contribution is -2.24. The van der Waals surface area contributed by atoms with E-state index in [0.29, 0.717) is 12.2 Å². The van der Waals surface area contributed by atoms with Crippen LogP contribution in [0.1, 0.15) is 17.3 Å². The molecule has 0 aliphatic heterocycles. The van der Waals surface area contributed by atoms with Crippen LogP contribution in [0.5, 0.6) is 5.75 Å². The molecule has 7 nitrogen and oxygen atoms in total. The largest absolute Gasteiger partial charge is 0.497 e. The number of methoxy groups -OCH3 is 1. The third-order valence-electron chi connectivity index (χ3n) is 3.63. The molecule has 1 atom stereocenters. The highest BCUT2D eigenvalue weighted by molar-refractivity contribution is 5.95. The first-order valence-electron chi connectivity index (χ1n) is 7.48. The van der Waals surface area contributed by atoms with E-state index in [0.717, 1.165) is 17.0 Å². The number of nitrogens with zero attached hydrogens (tertiary/aromatic N) is 3. The summed E-state index contributed by atoms with van der Waals surface area (Å²) in [5, 5.41) is 16.8. The number of amides is 1. The maximum atomic E-state index is 12.7. The van der Waals surface area contributed by atoms with E-state index >= 15 is 0 Å². The Bertz CT molecular complexity index is 773. The lowest BCUT2D eigenvalue weighted by atomic mass is 9.97. The van der Waals surface area contributed by atoms with Crippen LogP contribution in [0, 0.1) is 0 Å². The highest BCUT2D eigenvalue weighted by Crippen LogP contribution is 2.21. The molecular formula is C17H17N5O2. The average molecular weight is 323 g/mol. The van der Waals surface area contributed by atoms with Crippen LogP contribution >= 0.6 is 0 Å². The first kappa shape index (κ1) is 15.7. The smallest absolute Gasteiger partial charge is 0.235 e. The van der Waals surface area contributed by atoms with E-state index in [9.17, 15) is 4.79 Å². The van der Waals surface area contributed by atoms with Gasteiger partial charge in [0.2, 0.25) is 5.91 Å². The van der Waals surface area contributed by atoms with E-state index in [4.69, 9.17) is 4.74 Å². The molecule has 3 rings (SSSR count). The minimum Gasteiger partial charge on any atom is -0.497 e. The third kappa shape index (κ3) is 3.75. The number of aromatic nitrogens is 4. The maximum absolute atomic E-state index is 12.7. The minimum absolute atomic E-state index is 0.182. The fraction of sp³-hybridized carbons (Fsp3) is 0.176. The van der Waals surface area contributed by atoms with Crippen LogP contribution in [0.3, 0.4) is 0 Å². The van der Waals surface area contributed by atoms with Gasteiger partial charge in [-0.15, -0.1) is 10.2 Å². The molecule has 122 valence electrons. The second-order valence-corrected chi connectivity index (χ2v) is 5.23. The highest BCUT2D eigenvalue weighted by Gasteiger charge is 2.25. The molecule has 0 bridgehead atoms. The van der Waals surface area contributed by atoms with Gasteiger partial charge in [0, 0.05) is 5.69 Å². The summed E-state index contributed by atoms with van der Waals surface area (Å²) in [5.41, 5.74) is 1.71. The fourth-order valence-corrected chi connectivity index (χ4v) is 2.37. The average Bonchev–Trinajstić information content (AvgIpc) is 3.15. The van der Waals surface area contributed by atoms with E-state index in [1.54, 1.807) is 7.11 Å². The van der Waals surface area contributed by atoms with Crippen LogP contribution in [0.25, 0.3) is 0 Å². The Morgan fingerprint density at radius 3 is 2.54 bits per heavy atom. The summed E-state index contributed by atoms with van der Waals surface area (Å²) in [6.07, 6.45) is 0.461. The molecule has 0 radical (unpaired) electrons. The van der Waals surface area contributed by atoms with Crippen molar-refractivity contribution in [3.63, 3.8) is 0 Å². The summed E-state index contributed by atoms with van der Waals surface area (Å²) >= 11 is 0. The van der Waals surface area contributed by atoms with Gasteiger partial charge in [-0.2, -0.15) is 5.21 Å². The molecule has 3 aromatic rings. The Hall–Kier alpha value is -3.22. The van der Waals surface area contributed by atoms with Crippen LogP contribution < -0.4 is 10.1 Å². The van der Waals surface area contributed by atoms with Crippen molar-refractivity contribution >= 4 is 11.6 Å². The molecule has 2 N–H and O–H groups in total. The summed E-state index contributed by atoms with van der Waals surface area (Å²) < 4.78 is 5.15. The van der Waals surface area contributed by atoms with Gasteiger partial charge in [-0.3, -0.25) is 4.79 Å². The molecule has 2 aromatic carbocycles. The van der Waals surface area contributed by atoms with E-state index < -0.39 is 5.92 Å². The Kier molecular flexibility index (Phi) is 4.81. The van der Waals surface area contributed by atoms with E-state index in [-0.39, 0.29) is 5.91 Å². The van der Waals surface area contributed by atoms with E-state index in [2.05, 4.69) is 25.9 Å². The predicted octanol–water partition coefficient (Wildman–Crippen LogP) is 2.17. The van der Waals surface area contributed by atoms with Gasteiger partial charge in [0.15, 0.2) is 5.82 Å². The number of tetrazole rings is 1. The molecule has 1 aromatic heterocycles. The molecule has 24 heavy (non-hydrogen) atoms. The third-order valence-corrected chi connectivity index (χ3v) is 3.63. The van der Waals surface area contributed by atoms with Gasteiger partial charge in [-0.1, -0.05) is 35.5 Å². The molecule has 0 saturated carbocycles. The van der Waals surface area contributed by atoms with E-state index in [1.165, 1.54) is 0 Å². The van der Waals surface area contributed by atoms with Crippen LogP contribution in [0.15, 0.2) is 54.6 Å². The molecule has 0 saturated heterocycles. The quantitative estimate of drug-likeness (QED) is 0.725. The number of hydrogen-bond acceptors (Lipinski definition) is 5. The predicted molar refractivity (Wildman–Crippen MR) is 88.7 cm³/mol. The molecule has 1 amide bonds. The minimum atomic E-state index is -0.544. The molecule has 0 fully saturated rings. The SMILES string of the molecule is COc1ccc(C[C@H](C(=O)Nc2ccccc2)c2nn[nH]n2)cc1. The van der Waals surface area contributed by atoms with Crippen molar-refractivity contribution in [2.75, 3.05) is 12.4 Å². The van der Waals surface area contributed by atoms with Gasteiger partial charge in [0.1, 0.15) is 11.7 Å². The Labute approximate surface area is 139 Å². The molecule has 7 heteroatoms. The zero-order valence-electron chi connectivity index (χ0n) is 13.1. The number of rotatable bonds is 6. The van der Waals surface area contributed by atoms with Crippen LogP contribution in [-0.2, 0) is 11.2 Å². The summed E-state index contributed by atoms with van der Waals surface area (Å²) in [7, 11) is 1.62. The van der Waals surface area contributed by atoms with Gasteiger partial charge in [0.25, 0.3) is 0 Å². The summed E-state index contributed by atoms with van der Waals surface area (Å²) in [4.78, 5) is 12.7. The lowest BCUT2D eigenvalue weighted by molar-refractivity contribution is -0.117. The lowest BCUT2D eigenvalue weighted by Gasteiger charge is -2.14. The molecule has 0 aliphatic rings. The standard InChI is InChI=1S/C17H17N5O2/c1-24-14-9-7-12(8-10-14)11-15(16-19-21-22-20-16)17(23)18-13-5-3-2-4-6-13/h2-10,15H,11H2,1H3,(H,18,23)(H,19,20,21,22)/t15-/m0/s1. The molecule has 1 heterocycles. The van der Waals surface area contributed by atoms with Gasteiger partial charge >= 0.3 is 0 Å². The van der Waals surface area contributed by atoms with E-state index in [1.807, 2.05) is 54.6 Å². The number of nitrogens with one attached hydrogen (secondary N) is 2. The number of hydrogen-bond donors (Lipinski definition) is 2. The normalized spacial score (nSPS) is 11.7. The zero-order chi connectivity index (χ0) is 16.8. The van der Waals surface area contributed by atoms with Crippen LogP contribution in [0.2, 0.25) is 0 Å². The second-order valence-electron chi connectivity index (χ2n) is 5.23. The number of carbonyl (C=O) groups is 1. The Morgan fingerprint density at radius 1 is 1.17 bits per heavy atom.